The summed E-state index contributed by atoms with van der Waals surface area (Å²) in [5.41, 5.74) is 0.665. The first-order chi connectivity index (χ1) is 9.82. The molecule has 0 amide bonds. The van der Waals surface area contributed by atoms with Crippen molar-refractivity contribution in [1.29, 1.82) is 0 Å². The van der Waals surface area contributed by atoms with E-state index < -0.39 is 0 Å². The molecule has 0 bridgehead atoms. The van der Waals surface area contributed by atoms with E-state index in [1.165, 1.54) is 0 Å². The number of aliphatic hydroxyl groups is 1. The SMILES string of the molecule is CC(C)c1nn(C)c(N2CCC(C(C)O)CC2)c1[N+](=O)[O-]. The van der Waals surface area contributed by atoms with Crippen molar-refractivity contribution >= 4 is 11.5 Å². The second kappa shape index (κ2) is 6.01. The topological polar surface area (TPSA) is 84.4 Å². The quantitative estimate of drug-likeness (QED) is 0.679. The molecule has 0 aliphatic carbocycles. The summed E-state index contributed by atoms with van der Waals surface area (Å²) in [4.78, 5) is 13.2. The van der Waals surface area contributed by atoms with Crippen molar-refractivity contribution in [1.82, 2.24) is 9.78 Å². The molecular weight excluding hydrogens is 272 g/mol. The van der Waals surface area contributed by atoms with Gasteiger partial charge in [-0.2, -0.15) is 5.10 Å². The van der Waals surface area contributed by atoms with Crippen molar-refractivity contribution in [2.45, 2.75) is 45.6 Å². The van der Waals surface area contributed by atoms with Gasteiger partial charge in [0.2, 0.25) is 5.82 Å². The Morgan fingerprint density at radius 3 is 2.33 bits per heavy atom. The molecule has 1 N–H and O–H groups in total. The minimum atomic E-state index is -0.321. The number of piperidine rings is 1. The number of rotatable bonds is 4. The van der Waals surface area contributed by atoms with Crippen LogP contribution >= 0.6 is 0 Å². The highest BCUT2D eigenvalue weighted by Crippen LogP contribution is 2.37. The highest BCUT2D eigenvalue weighted by molar-refractivity contribution is 5.62. The average Bonchev–Trinajstić information content (AvgIpc) is 2.76. The summed E-state index contributed by atoms with van der Waals surface area (Å²) in [5, 5.41) is 25.5. The smallest absolute Gasteiger partial charge is 0.334 e. The Kier molecular flexibility index (Phi) is 4.51. The molecule has 0 spiro atoms. The molecule has 7 nitrogen and oxygen atoms in total. The molecule has 1 aliphatic rings. The molecule has 0 saturated carbocycles. The van der Waals surface area contributed by atoms with Gasteiger partial charge in [-0.1, -0.05) is 13.8 Å². The van der Waals surface area contributed by atoms with Crippen LogP contribution in [-0.2, 0) is 7.05 Å². The fourth-order valence-electron chi connectivity index (χ4n) is 3.04. The molecule has 21 heavy (non-hydrogen) atoms. The van der Waals surface area contributed by atoms with Gasteiger partial charge >= 0.3 is 5.69 Å². The summed E-state index contributed by atoms with van der Waals surface area (Å²) in [6, 6.07) is 0. The lowest BCUT2D eigenvalue weighted by Gasteiger charge is -2.33. The van der Waals surface area contributed by atoms with Gasteiger partial charge in [0.15, 0.2) is 0 Å². The molecule has 1 unspecified atom stereocenters. The first kappa shape index (κ1) is 15.8. The van der Waals surface area contributed by atoms with Crippen LogP contribution in [0, 0.1) is 16.0 Å². The summed E-state index contributed by atoms with van der Waals surface area (Å²) in [5.74, 6) is 0.881. The number of aryl methyl sites for hydroxylation is 1. The number of hydrogen-bond acceptors (Lipinski definition) is 5. The molecule has 118 valence electrons. The summed E-state index contributed by atoms with van der Waals surface area (Å²) >= 11 is 0. The van der Waals surface area contributed by atoms with Crippen LogP contribution < -0.4 is 4.90 Å². The lowest BCUT2D eigenvalue weighted by atomic mass is 9.92. The normalized spacial score (nSPS) is 18.3. The Bertz CT molecular complexity index is 517. The standard InChI is InChI=1S/C14H24N4O3/c1-9(2)12-13(18(20)21)14(16(4)15-12)17-7-5-11(6-8-17)10(3)19/h9-11,19H,5-8H2,1-4H3. The van der Waals surface area contributed by atoms with Gasteiger partial charge in [0.25, 0.3) is 0 Å². The van der Waals surface area contributed by atoms with Crippen LogP contribution in [0.3, 0.4) is 0 Å². The number of nitro groups is 1. The maximum absolute atomic E-state index is 11.5. The summed E-state index contributed by atoms with van der Waals surface area (Å²) in [6.07, 6.45) is 1.37. The molecule has 1 aromatic heterocycles. The van der Waals surface area contributed by atoms with Gasteiger partial charge in [-0.3, -0.25) is 10.1 Å². The molecule has 1 fully saturated rings. The Morgan fingerprint density at radius 1 is 1.33 bits per heavy atom. The first-order valence-corrected chi connectivity index (χ1v) is 7.47. The number of hydrogen-bond donors (Lipinski definition) is 1. The monoisotopic (exact) mass is 296 g/mol. The third-order valence-corrected chi connectivity index (χ3v) is 4.27. The summed E-state index contributed by atoms with van der Waals surface area (Å²) < 4.78 is 1.62. The van der Waals surface area contributed by atoms with Crippen LogP contribution in [0.1, 0.15) is 45.2 Å². The highest BCUT2D eigenvalue weighted by Gasteiger charge is 2.34. The molecule has 0 aromatic carbocycles. The van der Waals surface area contributed by atoms with Crippen molar-refractivity contribution in [2.24, 2.45) is 13.0 Å². The molecule has 1 aliphatic heterocycles. The predicted molar refractivity (Wildman–Crippen MR) is 80.6 cm³/mol. The zero-order valence-electron chi connectivity index (χ0n) is 13.1. The minimum absolute atomic E-state index is 0.0142. The largest absolute Gasteiger partial charge is 0.393 e. The fourth-order valence-corrected chi connectivity index (χ4v) is 3.04. The van der Waals surface area contributed by atoms with E-state index in [0.29, 0.717) is 24.6 Å². The summed E-state index contributed by atoms with van der Waals surface area (Å²) in [6.45, 7) is 7.07. The van der Waals surface area contributed by atoms with Crippen molar-refractivity contribution in [3.05, 3.63) is 15.8 Å². The van der Waals surface area contributed by atoms with Crippen LogP contribution in [0.4, 0.5) is 11.5 Å². The Morgan fingerprint density at radius 2 is 1.90 bits per heavy atom. The lowest BCUT2D eigenvalue weighted by molar-refractivity contribution is -0.385. The van der Waals surface area contributed by atoms with E-state index in [4.69, 9.17) is 0 Å². The molecular formula is C14H24N4O3. The van der Waals surface area contributed by atoms with E-state index in [1.54, 1.807) is 11.7 Å². The number of aliphatic hydroxyl groups excluding tert-OH is 1. The second-order valence-electron chi connectivity index (χ2n) is 6.16. The van der Waals surface area contributed by atoms with Gasteiger partial charge < -0.3 is 10.0 Å². The minimum Gasteiger partial charge on any atom is -0.393 e. The van der Waals surface area contributed by atoms with E-state index in [-0.39, 0.29) is 28.6 Å². The molecule has 2 heterocycles. The molecule has 7 heteroatoms. The Labute approximate surface area is 124 Å². The van der Waals surface area contributed by atoms with Crippen LogP contribution in [0.25, 0.3) is 0 Å². The van der Waals surface area contributed by atoms with E-state index in [1.807, 2.05) is 25.7 Å². The van der Waals surface area contributed by atoms with Gasteiger partial charge in [0.05, 0.1) is 11.0 Å². The maximum Gasteiger partial charge on any atom is 0.334 e. The van der Waals surface area contributed by atoms with Gasteiger partial charge in [0.1, 0.15) is 5.69 Å². The zero-order chi connectivity index (χ0) is 15.7. The number of aromatic nitrogens is 2. The number of anilines is 1. The van der Waals surface area contributed by atoms with Crippen LogP contribution in [0.2, 0.25) is 0 Å². The summed E-state index contributed by atoms with van der Waals surface area (Å²) in [7, 11) is 1.76. The van der Waals surface area contributed by atoms with Crippen molar-refractivity contribution in [3.63, 3.8) is 0 Å². The van der Waals surface area contributed by atoms with E-state index in [2.05, 4.69) is 5.10 Å². The van der Waals surface area contributed by atoms with Crippen LogP contribution in [0.15, 0.2) is 0 Å². The third kappa shape index (κ3) is 3.02. The fraction of sp³-hybridized carbons (Fsp3) is 0.786. The average molecular weight is 296 g/mol. The van der Waals surface area contributed by atoms with Crippen LogP contribution in [-0.4, -0.2) is 39.0 Å². The number of nitrogens with zero attached hydrogens (tertiary/aromatic N) is 4. The Balaban J connectivity index is 2.30. The lowest BCUT2D eigenvalue weighted by Crippen LogP contribution is -2.38. The van der Waals surface area contributed by atoms with Gasteiger partial charge in [-0.05, 0) is 25.7 Å². The van der Waals surface area contributed by atoms with Gasteiger partial charge in [-0.25, -0.2) is 4.68 Å². The van der Waals surface area contributed by atoms with Gasteiger partial charge in [0, 0.05) is 26.1 Å². The predicted octanol–water partition coefficient (Wildman–Crippen LogP) is 2.05. The second-order valence-corrected chi connectivity index (χ2v) is 6.16. The molecule has 1 saturated heterocycles. The van der Waals surface area contributed by atoms with Crippen molar-refractivity contribution < 1.29 is 10.0 Å². The first-order valence-electron chi connectivity index (χ1n) is 7.47. The van der Waals surface area contributed by atoms with Crippen LogP contribution in [0.5, 0.6) is 0 Å². The third-order valence-electron chi connectivity index (χ3n) is 4.27. The van der Waals surface area contributed by atoms with Crippen molar-refractivity contribution in [2.75, 3.05) is 18.0 Å². The van der Waals surface area contributed by atoms with Gasteiger partial charge in [-0.15, -0.1) is 0 Å². The van der Waals surface area contributed by atoms with Crippen molar-refractivity contribution in [3.8, 4) is 0 Å². The maximum atomic E-state index is 11.5. The zero-order valence-corrected chi connectivity index (χ0v) is 13.1. The molecule has 0 radical (unpaired) electrons. The van der Waals surface area contributed by atoms with E-state index >= 15 is 0 Å². The molecule has 1 atom stereocenters. The Hall–Kier alpha value is -1.63. The van der Waals surface area contributed by atoms with E-state index in [0.717, 1.165) is 12.8 Å². The van der Waals surface area contributed by atoms with E-state index in [9.17, 15) is 15.2 Å². The highest BCUT2D eigenvalue weighted by atomic mass is 16.6. The molecule has 1 aromatic rings. The molecule has 2 rings (SSSR count).